The van der Waals surface area contributed by atoms with Crippen molar-refractivity contribution in [1.29, 1.82) is 0 Å². The number of cyclic esters (lactones) is 1. The van der Waals surface area contributed by atoms with Gasteiger partial charge in [0.05, 0.1) is 24.3 Å². The molecule has 2 aromatic rings. The summed E-state index contributed by atoms with van der Waals surface area (Å²) in [7, 11) is 0. The van der Waals surface area contributed by atoms with E-state index in [9.17, 15) is 22.8 Å². The Morgan fingerprint density at radius 3 is 2.79 bits per heavy atom. The molecule has 1 unspecified atom stereocenters. The van der Waals surface area contributed by atoms with Gasteiger partial charge in [0, 0.05) is 22.6 Å². The summed E-state index contributed by atoms with van der Waals surface area (Å²) in [4.78, 5) is 24.0. The molecule has 154 valence electrons. The van der Waals surface area contributed by atoms with E-state index in [-0.39, 0.29) is 17.1 Å². The fraction of sp³-hybridized carbons (Fsp3) is 0.389. The van der Waals surface area contributed by atoms with Crippen LogP contribution in [0.3, 0.4) is 0 Å². The first-order valence-electron chi connectivity index (χ1n) is 8.77. The van der Waals surface area contributed by atoms with Crippen molar-refractivity contribution in [2.75, 3.05) is 11.9 Å². The van der Waals surface area contributed by atoms with Crippen LogP contribution in [-0.2, 0) is 21.6 Å². The number of hydrogen-bond acceptors (Lipinski definition) is 5. The van der Waals surface area contributed by atoms with Gasteiger partial charge in [0.25, 0.3) is 5.60 Å². The van der Waals surface area contributed by atoms with Crippen molar-refractivity contribution in [3.63, 3.8) is 0 Å². The summed E-state index contributed by atoms with van der Waals surface area (Å²) in [6.07, 6.45) is -4.59. The molecule has 1 aromatic carbocycles. The van der Waals surface area contributed by atoms with Gasteiger partial charge in [0.1, 0.15) is 5.76 Å². The molecular formula is C18H15ClF3N3O4. The lowest BCUT2D eigenvalue weighted by atomic mass is 9.89. The van der Waals surface area contributed by atoms with E-state index in [1.165, 1.54) is 12.1 Å². The van der Waals surface area contributed by atoms with Crippen LogP contribution in [0.2, 0.25) is 5.02 Å². The normalized spacial score (nSPS) is 21.2. The monoisotopic (exact) mass is 429 g/mol. The lowest BCUT2D eigenvalue weighted by Crippen LogP contribution is -2.56. The Balaban J connectivity index is 1.55. The van der Waals surface area contributed by atoms with Crippen LogP contribution in [0.1, 0.15) is 35.8 Å². The van der Waals surface area contributed by atoms with Crippen molar-refractivity contribution >= 4 is 29.3 Å². The summed E-state index contributed by atoms with van der Waals surface area (Å²) in [5.41, 5.74) is -3.25. The zero-order chi connectivity index (χ0) is 20.8. The highest BCUT2D eigenvalue weighted by molar-refractivity contribution is 6.30. The average Bonchev–Trinajstić information content (AvgIpc) is 3.39. The van der Waals surface area contributed by atoms with Crippen LogP contribution in [0.5, 0.6) is 0 Å². The van der Waals surface area contributed by atoms with Crippen molar-refractivity contribution in [3.8, 4) is 0 Å². The summed E-state index contributed by atoms with van der Waals surface area (Å²) < 4.78 is 51.9. The predicted octanol–water partition coefficient (Wildman–Crippen LogP) is 3.88. The molecule has 29 heavy (non-hydrogen) atoms. The molecule has 11 heteroatoms. The van der Waals surface area contributed by atoms with E-state index in [1.54, 1.807) is 6.07 Å². The second kappa shape index (κ2) is 6.94. The summed E-state index contributed by atoms with van der Waals surface area (Å²) in [6.45, 7) is -1.01. The van der Waals surface area contributed by atoms with Gasteiger partial charge >= 0.3 is 12.3 Å². The number of carbonyl (C=O) groups is 2. The van der Waals surface area contributed by atoms with Crippen LogP contribution in [0.4, 0.5) is 23.7 Å². The Hall–Kier alpha value is -2.75. The van der Waals surface area contributed by atoms with Crippen LogP contribution in [-0.4, -0.2) is 29.9 Å². The van der Waals surface area contributed by atoms with Crippen molar-refractivity contribution in [2.45, 2.75) is 37.0 Å². The molecule has 0 bridgehead atoms. The number of amides is 2. The smallest absolute Gasteiger partial charge is 0.426 e. The molecule has 1 atom stereocenters. The fourth-order valence-electron chi connectivity index (χ4n) is 3.17. The number of rotatable bonds is 5. The standard InChI is InChI=1S/C18H15ClF3N3O4/c19-10-3-4-13-12(5-10)17(18(20,21)22,28-16(27)24-13)8-23-15(26)7-11-6-14(29-25-11)9-1-2-9/h3-6,9H,1-2,7-8H2,(H,23,26)(H,24,27). The molecule has 0 radical (unpaired) electrons. The Bertz CT molecular complexity index is 974. The molecule has 2 aliphatic rings. The van der Waals surface area contributed by atoms with Crippen molar-refractivity contribution in [3.05, 3.63) is 46.3 Å². The molecule has 2 N–H and O–H groups in total. The third kappa shape index (κ3) is 3.76. The van der Waals surface area contributed by atoms with E-state index in [2.05, 4.69) is 20.5 Å². The molecule has 1 aliphatic heterocycles. The SMILES string of the molecule is O=C(Cc1cc(C2CC2)on1)NCC1(C(F)(F)F)OC(=O)Nc2ccc(Cl)cc21. The third-order valence-electron chi connectivity index (χ3n) is 4.81. The summed E-state index contributed by atoms with van der Waals surface area (Å²) in [5.74, 6) is 0.237. The number of aromatic nitrogens is 1. The second-order valence-electron chi connectivity index (χ2n) is 6.98. The zero-order valence-electron chi connectivity index (χ0n) is 14.8. The molecule has 1 aromatic heterocycles. The molecule has 2 heterocycles. The predicted molar refractivity (Wildman–Crippen MR) is 94.5 cm³/mol. The number of halogens is 4. The number of nitrogens with zero attached hydrogens (tertiary/aromatic N) is 1. The van der Waals surface area contributed by atoms with E-state index in [1.807, 2.05) is 0 Å². The maximum Gasteiger partial charge on any atom is 0.434 e. The molecule has 0 spiro atoms. The summed E-state index contributed by atoms with van der Waals surface area (Å²) in [6, 6.07) is 5.26. The Kier molecular flexibility index (Phi) is 4.68. The van der Waals surface area contributed by atoms with Crippen LogP contribution < -0.4 is 10.6 Å². The first-order valence-corrected chi connectivity index (χ1v) is 9.15. The van der Waals surface area contributed by atoms with E-state index in [0.717, 1.165) is 18.9 Å². The number of benzene rings is 1. The molecule has 1 saturated carbocycles. The quantitative estimate of drug-likeness (QED) is 0.752. The number of fused-ring (bicyclic) bond motifs is 1. The minimum absolute atomic E-state index is 0.0265. The second-order valence-corrected chi connectivity index (χ2v) is 7.41. The van der Waals surface area contributed by atoms with Gasteiger partial charge in [-0.15, -0.1) is 0 Å². The number of ether oxygens (including phenoxy) is 1. The molecular weight excluding hydrogens is 415 g/mol. The molecule has 2 amide bonds. The van der Waals surface area contributed by atoms with Gasteiger partial charge in [-0.1, -0.05) is 16.8 Å². The highest BCUT2D eigenvalue weighted by Crippen LogP contribution is 2.47. The molecule has 7 nitrogen and oxygen atoms in total. The van der Waals surface area contributed by atoms with E-state index < -0.39 is 35.9 Å². The maximum absolute atomic E-state index is 14.0. The zero-order valence-corrected chi connectivity index (χ0v) is 15.6. The van der Waals surface area contributed by atoms with Crippen LogP contribution in [0, 0.1) is 0 Å². The van der Waals surface area contributed by atoms with Gasteiger partial charge < -0.3 is 14.6 Å². The topological polar surface area (TPSA) is 93.5 Å². The lowest BCUT2D eigenvalue weighted by molar-refractivity contribution is -0.262. The van der Waals surface area contributed by atoms with Gasteiger partial charge in [0.2, 0.25) is 5.91 Å². The molecule has 1 aliphatic carbocycles. The van der Waals surface area contributed by atoms with Crippen LogP contribution >= 0.6 is 11.6 Å². The van der Waals surface area contributed by atoms with Crippen LogP contribution in [0.25, 0.3) is 0 Å². The van der Waals surface area contributed by atoms with Crippen molar-refractivity contribution in [1.82, 2.24) is 10.5 Å². The van der Waals surface area contributed by atoms with Gasteiger partial charge in [-0.25, -0.2) is 4.79 Å². The fourth-order valence-corrected chi connectivity index (χ4v) is 3.34. The maximum atomic E-state index is 14.0. The van der Waals surface area contributed by atoms with E-state index >= 15 is 0 Å². The van der Waals surface area contributed by atoms with Gasteiger partial charge in [-0.05, 0) is 31.0 Å². The number of carbonyl (C=O) groups excluding carboxylic acids is 2. The summed E-state index contributed by atoms with van der Waals surface area (Å²) in [5, 5.41) is 8.19. The number of alkyl halides is 3. The van der Waals surface area contributed by atoms with Gasteiger partial charge in [-0.2, -0.15) is 13.2 Å². The number of nitrogens with one attached hydrogen (secondary N) is 2. The largest absolute Gasteiger partial charge is 0.434 e. The first kappa shape index (κ1) is 19.6. The Labute approximate surface area is 167 Å². The van der Waals surface area contributed by atoms with Gasteiger partial charge in [0.15, 0.2) is 0 Å². The summed E-state index contributed by atoms with van der Waals surface area (Å²) >= 11 is 5.85. The minimum Gasteiger partial charge on any atom is -0.426 e. The highest BCUT2D eigenvalue weighted by atomic mass is 35.5. The highest BCUT2D eigenvalue weighted by Gasteiger charge is 2.62. The molecule has 4 rings (SSSR count). The molecule has 0 saturated heterocycles. The average molecular weight is 430 g/mol. The molecule has 1 fully saturated rings. The third-order valence-corrected chi connectivity index (χ3v) is 5.05. The minimum atomic E-state index is -5.01. The van der Waals surface area contributed by atoms with Gasteiger partial charge in [-0.3, -0.25) is 10.1 Å². The Morgan fingerprint density at radius 1 is 1.34 bits per heavy atom. The van der Waals surface area contributed by atoms with Crippen LogP contribution in [0.15, 0.2) is 28.8 Å². The van der Waals surface area contributed by atoms with Crippen molar-refractivity contribution < 1.29 is 32.0 Å². The van der Waals surface area contributed by atoms with E-state index in [4.69, 9.17) is 16.1 Å². The van der Waals surface area contributed by atoms with Crippen molar-refractivity contribution in [2.24, 2.45) is 0 Å². The van der Waals surface area contributed by atoms with E-state index in [0.29, 0.717) is 17.4 Å². The first-order chi connectivity index (χ1) is 13.7. The number of anilines is 1. The number of hydrogen-bond donors (Lipinski definition) is 2. The Morgan fingerprint density at radius 2 is 2.10 bits per heavy atom. The lowest BCUT2D eigenvalue weighted by Gasteiger charge is -2.39.